The second-order valence-electron chi connectivity index (χ2n) is 3.94. The van der Waals surface area contributed by atoms with Crippen LogP contribution in [0.15, 0.2) is 0 Å². The molecule has 92 valence electrons. The van der Waals surface area contributed by atoms with Gasteiger partial charge in [-0.15, -0.1) is 0 Å². The largest absolute Gasteiger partial charge is 0.319 e. The Hall–Kier alpha value is -0.130. The first-order valence-electron chi connectivity index (χ1n) is 5.66. The van der Waals surface area contributed by atoms with Crippen molar-refractivity contribution in [2.24, 2.45) is 0 Å². The van der Waals surface area contributed by atoms with Gasteiger partial charge in [0.15, 0.2) is 0 Å². The van der Waals surface area contributed by atoms with Crippen molar-refractivity contribution in [3.8, 4) is 0 Å². The third kappa shape index (κ3) is 8.84. The fourth-order valence-electron chi connectivity index (χ4n) is 1.36. The molecule has 0 spiro atoms. The molecule has 0 aliphatic carbocycles. The minimum Gasteiger partial charge on any atom is -0.319 e. The molecule has 4 nitrogen and oxygen atoms in total. The van der Waals surface area contributed by atoms with Gasteiger partial charge in [0.25, 0.3) is 0 Å². The quantitative estimate of drug-likeness (QED) is 0.589. The molecule has 0 bridgehead atoms. The minimum absolute atomic E-state index is 0.0541. The van der Waals surface area contributed by atoms with E-state index in [1.54, 1.807) is 7.05 Å². The zero-order valence-corrected chi connectivity index (χ0v) is 10.9. The third-order valence-corrected chi connectivity index (χ3v) is 3.75. The third-order valence-electron chi connectivity index (χ3n) is 2.24. The molecule has 0 saturated carbocycles. The average Bonchev–Trinajstić information content (AvgIpc) is 2.14. The number of hydrogen-bond acceptors (Lipinski definition) is 3. The van der Waals surface area contributed by atoms with Gasteiger partial charge in [-0.1, -0.05) is 26.2 Å². The first-order chi connectivity index (χ1) is 7.02. The van der Waals surface area contributed by atoms with Gasteiger partial charge in [-0.3, -0.25) is 0 Å². The summed E-state index contributed by atoms with van der Waals surface area (Å²) in [5.41, 5.74) is 0. The molecule has 0 aliphatic rings. The van der Waals surface area contributed by atoms with E-state index in [2.05, 4.69) is 17.0 Å². The van der Waals surface area contributed by atoms with Gasteiger partial charge < -0.3 is 5.32 Å². The van der Waals surface area contributed by atoms with E-state index in [0.717, 1.165) is 12.8 Å². The van der Waals surface area contributed by atoms with Crippen LogP contribution in [-0.2, 0) is 10.0 Å². The van der Waals surface area contributed by atoms with E-state index >= 15 is 0 Å². The van der Waals surface area contributed by atoms with Crippen LogP contribution in [0.1, 0.15) is 39.5 Å². The average molecular weight is 236 g/mol. The Morgan fingerprint density at radius 1 is 1.27 bits per heavy atom. The lowest BCUT2D eigenvalue weighted by atomic mass is 10.1. The van der Waals surface area contributed by atoms with Gasteiger partial charge in [0, 0.05) is 12.6 Å². The van der Waals surface area contributed by atoms with E-state index in [-0.39, 0.29) is 11.8 Å². The topological polar surface area (TPSA) is 58.2 Å². The van der Waals surface area contributed by atoms with Crippen LogP contribution in [0.2, 0.25) is 0 Å². The van der Waals surface area contributed by atoms with Gasteiger partial charge in [-0.25, -0.2) is 13.1 Å². The molecular formula is C10H24N2O2S. The fraction of sp³-hybridized carbons (Fsp3) is 1.00. The molecule has 15 heavy (non-hydrogen) atoms. The van der Waals surface area contributed by atoms with Crippen molar-refractivity contribution in [2.45, 2.75) is 45.6 Å². The standard InChI is InChI=1S/C10H24N2O2S/c1-4-5-6-7-10(2)12-15(13,14)9-8-11-3/h10-12H,4-9H2,1-3H3. The van der Waals surface area contributed by atoms with Crippen LogP contribution in [0.4, 0.5) is 0 Å². The van der Waals surface area contributed by atoms with Crippen LogP contribution in [0.25, 0.3) is 0 Å². The van der Waals surface area contributed by atoms with Gasteiger partial charge in [0.1, 0.15) is 0 Å². The van der Waals surface area contributed by atoms with Crippen molar-refractivity contribution in [3.63, 3.8) is 0 Å². The fourth-order valence-corrected chi connectivity index (χ4v) is 2.68. The molecule has 0 aromatic carbocycles. The summed E-state index contributed by atoms with van der Waals surface area (Å²) < 4.78 is 25.6. The molecule has 0 fully saturated rings. The Morgan fingerprint density at radius 2 is 1.93 bits per heavy atom. The number of unbranched alkanes of at least 4 members (excludes halogenated alkanes) is 2. The number of rotatable bonds is 9. The lowest BCUT2D eigenvalue weighted by Gasteiger charge is -2.13. The summed E-state index contributed by atoms with van der Waals surface area (Å²) in [6, 6.07) is 0.0541. The van der Waals surface area contributed by atoms with Gasteiger partial charge in [-0.2, -0.15) is 0 Å². The molecule has 0 rings (SSSR count). The Morgan fingerprint density at radius 3 is 2.47 bits per heavy atom. The second kappa shape index (κ2) is 8.07. The molecule has 0 saturated heterocycles. The number of nitrogens with one attached hydrogen (secondary N) is 2. The number of hydrogen-bond donors (Lipinski definition) is 2. The Labute approximate surface area is 93.9 Å². The molecule has 2 N–H and O–H groups in total. The molecule has 0 aliphatic heterocycles. The second-order valence-corrected chi connectivity index (χ2v) is 5.81. The molecular weight excluding hydrogens is 212 g/mol. The maximum atomic E-state index is 11.5. The van der Waals surface area contributed by atoms with E-state index in [9.17, 15) is 8.42 Å². The highest BCUT2D eigenvalue weighted by Gasteiger charge is 2.12. The molecule has 0 aromatic rings. The van der Waals surface area contributed by atoms with Crippen molar-refractivity contribution in [3.05, 3.63) is 0 Å². The van der Waals surface area contributed by atoms with Crippen molar-refractivity contribution < 1.29 is 8.42 Å². The van der Waals surface area contributed by atoms with E-state index in [4.69, 9.17) is 0 Å². The van der Waals surface area contributed by atoms with Crippen molar-refractivity contribution in [1.29, 1.82) is 0 Å². The van der Waals surface area contributed by atoms with Crippen LogP contribution in [0, 0.1) is 0 Å². The minimum atomic E-state index is -3.09. The van der Waals surface area contributed by atoms with Gasteiger partial charge in [0.05, 0.1) is 5.75 Å². The van der Waals surface area contributed by atoms with Crippen LogP contribution in [-0.4, -0.2) is 33.8 Å². The smallest absolute Gasteiger partial charge is 0.213 e. The molecule has 0 aromatic heterocycles. The molecule has 1 atom stereocenters. The van der Waals surface area contributed by atoms with Gasteiger partial charge in [0.2, 0.25) is 10.0 Å². The lowest BCUT2D eigenvalue weighted by molar-refractivity contribution is 0.526. The Balaban J connectivity index is 3.78. The van der Waals surface area contributed by atoms with E-state index in [1.165, 1.54) is 12.8 Å². The predicted molar refractivity (Wildman–Crippen MR) is 64.5 cm³/mol. The van der Waals surface area contributed by atoms with Crippen molar-refractivity contribution >= 4 is 10.0 Å². The normalized spacial score (nSPS) is 14.1. The zero-order chi connectivity index (χ0) is 11.7. The number of sulfonamides is 1. The molecule has 1 unspecified atom stereocenters. The van der Waals surface area contributed by atoms with Crippen molar-refractivity contribution in [1.82, 2.24) is 10.0 Å². The summed E-state index contributed by atoms with van der Waals surface area (Å²) in [5.74, 6) is 0.154. The maximum Gasteiger partial charge on any atom is 0.213 e. The van der Waals surface area contributed by atoms with E-state index in [0.29, 0.717) is 6.54 Å². The highest BCUT2D eigenvalue weighted by atomic mass is 32.2. The highest BCUT2D eigenvalue weighted by molar-refractivity contribution is 7.89. The molecule has 0 radical (unpaired) electrons. The van der Waals surface area contributed by atoms with Gasteiger partial charge >= 0.3 is 0 Å². The lowest BCUT2D eigenvalue weighted by Crippen LogP contribution is -2.36. The summed E-state index contributed by atoms with van der Waals surface area (Å²) in [4.78, 5) is 0. The first-order valence-corrected chi connectivity index (χ1v) is 7.31. The van der Waals surface area contributed by atoms with Crippen LogP contribution < -0.4 is 10.0 Å². The zero-order valence-electron chi connectivity index (χ0n) is 10.0. The summed E-state index contributed by atoms with van der Waals surface area (Å²) in [7, 11) is -1.34. The summed E-state index contributed by atoms with van der Waals surface area (Å²) in [5, 5.41) is 2.83. The monoisotopic (exact) mass is 236 g/mol. The van der Waals surface area contributed by atoms with Crippen molar-refractivity contribution in [2.75, 3.05) is 19.3 Å². The van der Waals surface area contributed by atoms with E-state index in [1.807, 2.05) is 6.92 Å². The summed E-state index contributed by atoms with van der Waals surface area (Å²) >= 11 is 0. The maximum absolute atomic E-state index is 11.5. The SMILES string of the molecule is CCCCCC(C)NS(=O)(=O)CCNC. The molecule has 5 heteroatoms. The predicted octanol–water partition coefficient (Wildman–Crippen LogP) is 1.09. The molecule has 0 heterocycles. The van der Waals surface area contributed by atoms with Crippen LogP contribution in [0.3, 0.4) is 0 Å². The Bertz CT molecular complexity index is 240. The van der Waals surface area contributed by atoms with Crippen LogP contribution >= 0.6 is 0 Å². The first kappa shape index (κ1) is 14.9. The van der Waals surface area contributed by atoms with Crippen LogP contribution in [0.5, 0.6) is 0 Å². The van der Waals surface area contributed by atoms with E-state index < -0.39 is 10.0 Å². The Kier molecular flexibility index (Phi) is 8.00. The summed E-state index contributed by atoms with van der Waals surface area (Å²) in [6.07, 6.45) is 4.35. The highest BCUT2D eigenvalue weighted by Crippen LogP contribution is 2.03. The van der Waals surface area contributed by atoms with Gasteiger partial charge in [-0.05, 0) is 20.4 Å². The summed E-state index contributed by atoms with van der Waals surface area (Å²) in [6.45, 7) is 4.56. The molecule has 0 amide bonds.